The lowest BCUT2D eigenvalue weighted by molar-refractivity contribution is 0.0941. The monoisotopic (exact) mass is 354 g/mol. The van der Waals surface area contributed by atoms with Crippen molar-refractivity contribution in [2.45, 2.75) is 46.0 Å². The van der Waals surface area contributed by atoms with Crippen molar-refractivity contribution in [1.29, 1.82) is 0 Å². The van der Waals surface area contributed by atoms with E-state index in [0.29, 0.717) is 36.7 Å². The van der Waals surface area contributed by atoms with Gasteiger partial charge in [0.2, 0.25) is 0 Å². The predicted molar refractivity (Wildman–Crippen MR) is 101 cm³/mol. The van der Waals surface area contributed by atoms with Crippen LogP contribution in [0.3, 0.4) is 0 Å². The minimum absolute atomic E-state index is 0.132. The summed E-state index contributed by atoms with van der Waals surface area (Å²) >= 11 is 0. The number of fused-ring (bicyclic) bond motifs is 1. The molecular weight excluding hydrogens is 328 g/mol. The minimum atomic E-state index is -0.191. The molecular formula is C21H26N2O3. The standard InChI is InChI=1S/C21H26N2O3/c1-13(2)15-7-9-16(10-8-15)26-12-11-22-21(25)20-14(3)19-17(23-20)5-4-6-18(19)24/h7-10,13,23H,4-6,11-12H2,1-3H3,(H,22,25). The molecule has 0 radical (unpaired) electrons. The molecule has 2 aromatic rings. The second-order valence-electron chi connectivity index (χ2n) is 7.08. The molecule has 2 N–H and O–H groups in total. The average molecular weight is 354 g/mol. The number of Topliss-reactive ketones (excluding diaryl/α,β-unsaturated/α-hetero) is 1. The fraction of sp³-hybridized carbons (Fsp3) is 0.429. The van der Waals surface area contributed by atoms with Crippen molar-refractivity contribution in [2.24, 2.45) is 0 Å². The van der Waals surface area contributed by atoms with Crippen LogP contribution in [0.1, 0.15) is 70.3 Å². The Bertz CT molecular complexity index is 803. The van der Waals surface area contributed by atoms with Crippen LogP contribution in [-0.4, -0.2) is 29.8 Å². The molecule has 5 heteroatoms. The van der Waals surface area contributed by atoms with Gasteiger partial charge in [0, 0.05) is 17.7 Å². The number of ketones is 1. The van der Waals surface area contributed by atoms with E-state index in [1.54, 1.807) is 0 Å². The van der Waals surface area contributed by atoms with E-state index < -0.39 is 0 Å². The van der Waals surface area contributed by atoms with E-state index in [4.69, 9.17) is 4.74 Å². The number of carbonyl (C=O) groups is 2. The Morgan fingerprint density at radius 2 is 1.96 bits per heavy atom. The maximum atomic E-state index is 12.4. The van der Waals surface area contributed by atoms with Gasteiger partial charge in [-0.05, 0) is 48.9 Å². The van der Waals surface area contributed by atoms with E-state index in [2.05, 4.69) is 36.3 Å². The van der Waals surface area contributed by atoms with Crippen LogP contribution in [0.25, 0.3) is 0 Å². The number of benzene rings is 1. The van der Waals surface area contributed by atoms with Gasteiger partial charge in [0.15, 0.2) is 5.78 Å². The molecule has 1 aliphatic rings. The van der Waals surface area contributed by atoms with Crippen molar-refractivity contribution in [3.05, 3.63) is 52.3 Å². The number of carbonyl (C=O) groups excluding carboxylic acids is 2. The third-order valence-corrected chi connectivity index (χ3v) is 4.87. The van der Waals surface area contributed by atoms with Gasteiger partial charge >= 0.3 is 0 Å². The Morgan fingerprint density at radius 1 is 1.23 bits per heavy atom. The zero-order chi connectivity index (χ0) is 18.7. The van der Waals surface area contributed by atoms with Crippen molar-refractivity contribution < 1.29 is 14.3 Å². The van der Waals surface area contributed by atoms with Gasteiger partial charge in [0.05, 0.1) is 6.54 Å². The van der Waals surface area contributed by atoms with Gasteiger partial charge in [-0.1, -0.05) is 26.0 Å². The van der Waals surface area contributed by atoms with Crippen LogP contribution in [0.5, 0.6) is 5.75 Å². The lowest BCUT2D eigenvalue weighted by atomic mass is 9.94. The van der Waals surface area contributed by atoms with Gasteiger partial charge in [0.1, 0.15) is 18.1 Å². The molecule has 3 rings (SSSR count). The van der Waals surface area contributed by atoms with Crippen LogP contribution in [-0.2, 0) is 6.42 Å². The van der Waals surface area contributed by atoms with Crippen LogP contribution >= 0.6 is 0 Å². The van der Waals surface area contributed by atoms with Crippen molar-refractivity contribution in [3.8, 4) is 5.75 Å². The highest BCUT2D eigenvalue weighted by Gasteiger charge is 2.26. The molecule has 0 aliphatic heterocycles. The lowest BCUT2D eigenvalue weighted by Crippen LogP contribution is -2.29. The van der Waals surface area contributed by atoms with Crippen molar-refractivity contribution in [2.75, 3.05) is 13.2 Å². The van der Waals surface area contributed by atoms with Crippen LogP contribution in [0.4, 0.5) is 0 Å². The SMILES string of the molecule is Cc1c(C(=O)NCCOc2ccc(C(C)C)cc2)[nH]c2c1C(=O)CCC2. The zero-order valence-electron chi connectivity index (χ0n) is 15.6. The molecule has 0 saturated heterocycles. The molecule has 138 valence electrons. The fourth-order valence-corrected chi connectivity index (χ4v) is 3.37. The summed E-state index contributed by atoms with van der Waals surface area (Å²) in [5, 5.41) is 2.86. The number of aryl methyl sites for hydroxylation is 1. The number of aromatic amines is 1. The number of rotatable bonds is 6. The number of aromatic nitrogens is 1. The van der Waals surface area contributed by atoms with Crippen LogP contribution in [0.15, 0.2) is 24.3 Å². The van der Waals surface area contributed by atoms with Crippen molar-refractivity contribution >= 4 is 11.7 Å². The maximum absolute atomic E-state index is 12.4. The van der Waals surface area contributed by atoms with Gasteiger partial charge in [-0.25, -0.2) is 0 Å². The van der Waals surface area contributed by atoms with E-state index in [1.165, 1.54) is 5.56 Å². The zero-order valence-corrected chi connectivity index (χ0v) is 15.6. The summed E-state index contributed by atoms with van der Waals surface area (Å²) in [6.07, 6.45) is 2.23. The Balaban J connectivity index is 1.52. The number of amides is 1. The summed E-state index contributed by atoms with van der Waals surface area (Å²) in [7, 11) is 0. The number of H-pyrrole nitrogens is 1. The van der Waals surface area contributed by atoms with Gasteiger partial charge in [-0.2, -0.15) is 0 Å². The molecule has 0 saturated carbocycles. The Hall–Kier alpha value is -2.56. The van der Waals surface area contributed by atoms with E-state index in [1.807, 2.05) is 19.1 Å². The third kappa shape index (κ3) is 3.82. The summed E-state index contributed by atoms with van der Waals surface area (Å²) in [6, 6.07) is 8.02. The van der Waals surface area contributed by atoms with E-state index in [-0.39, 0.29) is 11.7 Å². The average Bonchev–Trinajstić information content (AvgIpc) is 2.97. The highest BCUT2D eigenvalue weighted by Crippen LogP contribution is 2.26. The largest absolute Gasteiger partial charge is 0.492 e. The highest BCUT2D eigenvalue weighted by atomic mass is 16.5. The number of hydrogen-bond acceptors (Lipinski definition) is 3. The molecule has 0 atom stereocenters. The molecule has 1 aromatic heterocycles. The molecule has 1 amide bonds. The summed E-state index contributed by atoms with van der Waals surface area (Å²) in [4.78, 5) is 27.6. The molecule has 1 heterocycles. The highest BCUT2D eigenvalue weighted by molar-refractivity contribution is 6.04. The van der Waals surface area contributed by atoms with Crippen molar-refractivity contribution in [1.82, 2.24) is 10.3 Å². The molecule has 0 bridgehead atoms. The lowest BCUT2D eigenvalue weighted by Gasteiger charge is -2.10. The first-order valence-electron chi connectivity index (χ1n) is 9.23. The fourth-order valence-electron chi connectivity index (χ4n) is 3.37. The number of ether oxygens (including phenoxy) is 1. The first-order valence-corrected chi connectivity index (χ1v) is 9.23. The van der Waals surface area contributed by atoms with Gasteiger partial charge in [-0.3, -0.25) is 9.59 Å². The molecule has 26 heavy (non-hydrogen) atoms. The van der Waals surface area contributed by atoms with E-state index in [0.717, 1.165) is 29.8 Å². The van der Waals surface area contributed by atoms with Crippen LogP contribution in [0, 0.1) is 6.92 Å². The molecule has 1 aliphatic carbocycles. The van der Waals surface area contributed by atoms with E-state index >= 15 is 0 Å². The molecule has 0 spiro atoms. The summed E-state index contributed by atoms with van der Waals surface area (Å²) in [6.45, 7) is 6.94. The molecule has 1 aromatic carbocycles. The Labute approximate surface area is 154 Å². The van der Waals surface area contributed by atoms with Gasteiger partial charge in [-0.15, -0.1) is 0 Å². The molecule has 0 fully saturated rings. The third-order valence-electron chi connectivity index (χ3n) is 4.87. The van der Waals surface area contributed by atoms with Crippen molar-refractivity contribution in [3.63, 3.8) is 0 Å². The summed E-state index contributed by atoms with van der Waals surface area (Å²) in [5.41, 5.74) is 4.12. The minimum Gasteiger partial charge on any atom is -0.492 e. The Kier molecular flexibility index (Phi) is 5.45. The predicted octanol–water partition coefficient (Wildman–Crippen LogP) is 3.77. The first-order chi connectivity index (χ1) is 12.5. The van der Waals surface area contributed by atoms with Crippen LogP contribution < -0.4 is 10.1 Å². The molecule has 0 unspecified atom stereocenters. The number of nitrogens with one attached hydrogen (secondary N) is 2. The van der Waals surface area contributed by atoms with Crippen LogP contribution in [0.2, 0.25) is 0 Å². The normalized spacial score (nSPS) is 13.6. The number of hydrogen-bond donors (Lipinski definition) is 2. The van der Waals surface area contributed by atoms with E-state index in [9.17, 15) is 9.59 Å². The Morgan fingerprint density at radius 3 is 2.62 bits per heavy atom. The topological polar surface area (TPSA) is 71.2 Å². The second kappa shape index (κ2) is 7.77. The van der Waals surface area contributed by atoms with Gasteiger partial charge < -0.3 is 15.0 Å². The first kappa shape index (κ1) is 18.2. The molecule has 5 nitrogen and oxygen atoms in total. The smallest absolute Gasteiger partial charge is 0.268 e. The summed E-state index contributed by atoms with van der Waals surface area (Å²) < 4.78 is 5.68. The summed E-state index contributed by atoms with van der Waals surface area (Å²) in [5.74, 6) is 1.22. The van der Waals surface area contributed by atoms with Gasteiger partial charge in [0.25, 0.3) is 5.91 Å². The maximum Gasteiger partial charge on any atom is 0.268 e. The quantitative estimate of drug-likeness (QED) is 0.776. The second-order valence-corrected chi connectivity index (χ2v) is 7.08.